The zero-order chi connectivity index (χ0) is 31.6. The Hall–Kier alpha value is -5.24. The maximum atomic E-state index is 11.9. The fourth-order valence-corrected chi connectivity index (χ4v) is 4.99. The van der Waals surface area contributed by atoms with Crippen LogP contribution in [0.1, 0.15) is 19.4 Å². The van der Waals surface area contributed by atoms with Crippen molar-refractivity contribution in [3.63, 3.8) is 0 Å². The van der Waals surface area contributed by atoms with E-state index in [1.807, 2.05) is 110 Å². The van der Waals surface area contributed by atoms with Gasteiger partial charge in [0.05, 0.1) is 0 Å². The minimum atomic E-state index is -0.647. The summed E-state index contributed by atoms with van der Waals surface area (Å²) in [5, 5.41) is 3.29. The van der Waals surface area contributed by atoms with Gasteiger partial charge in [-0.1, -0.05) is 78.4 Å². The monoisotopic (exact) mass is 608 g/mol. The highest BCUT2D eigenvalue weighted by Crippen LogP contribution is 2.43. The highest BCUT2D eigenvalue weighted by molar-refractivity contribution is 6.11. The molecule has 0 saturated carbocycles. The number of fused-ring (bicyclic) bond motifs is 2. The van der Waals surface area contributed by atoms with Crippen LogP contribution in [0.4, 0.5) is 0 Å². The lowest BCUT2D eigenvalue weighted by Gasteiger charge is -2.23. The summed E-state index contributed by atoms with van der Waals surface area (Å²) < 4.78 is 35.7. The molecule has 0 heterocycles. The molecule has 0 aromatic heterocycles. The van der Waals surface area contributed by atoms with Gasteiger partial charge >= 0.3 is 11.9 Å². The number of aryl methyl sites for hydroxylation is 1. The Bertz CT molecular complexity index is 1740. The van der Waals surface area contributed by atoms with E-state index in [1.165, 1.54) is 13.8 Å². The molecule has 0 fully saturated rings. The van der Waals surface area contributed by atoms with Crippen LogP contribution >= 0.6 is 0 Å². The van der Waals surface area contributed by atoms with Gasteiger partial charge in [-0.05, 0) is 37.3 Å². The SMILES string of the molecule is CC(=O)OC(COc1ccccc1)COc1c2ccccc2c(OCC(COc2ccccc2)OC(C)=O)c2cc(C)ccc12. The number of hydrogen-bond acceptors (Lipinski definition) is 8. The molecular formula is C37H36O8. The number of carbonyl (C=O) groups is 2. The molecule has 5 aromatic rings. The lowest BCUT2D eigenvalue weighted by Crippen LogP contribution is -2.30. The first-order valence-electron chi connectivity index (χ1n) is 14.8. The molecule has 0 spiro atoms. The number of para-hydroxylation sites is 2. The molecular weight excluding hydrogens is 572 g/mol. The lowest BCUT2D eigenvalue weighted by molar-refractivity contribution is -0.150. The first-order valence-corrected chi connectivity index (χ1v) is 14.8. The van der Waals surface area contributed by atoms with Crippen LogP contribution in [0.5, 0.6) is 23.0 Å². The molecule has 0 aliphatic carbocycles. The number of rotatable bonds is 14. The third-order valence-electron chi connectivity index (χ3n) is 6.93. The fourth-order valence-electron chi connectivity index (χ4n) is 4.99. The second kappa shape index (κ2) is 15.0. The molecule has 45 heavy (non-hydrogen) atoms. The number of hydrogen-bond donors (Lipinski definition) is 0. The van der Waals surface area contributed by atoms with Crippen LogP contribution in [0.15, 0.2) is 103 Å². The van der Waals surface area contributed by atoms with Gasteiger partial charge in [-0.25, -0.2) is 0 Å². The van der Waals surface area contributed by atoms with Crippen molar-refractivity contribution >= 4 is 33.5 Å². The van der Waals surface area contributed by atoms with Crippen molar-refractivity contribution in [3.05, 3.63) is 109 Å². The van der Waals surface area contributed by atoms with Crippen LogP contribution in [-0.4, -0.2) is 50.6 Å². The van der Waals surface area contributed by atoms with E-state index < -0.39 is 24.1 Å². The van der Waals surface area contributed by atoms with Gasteiger partial charge in [0.25, 0.3) is 0 Å². The van der Waals surface area contributed by atoms with Gasteiger partial charge in [0.1, 0.15) is 49.4 Å². The minimum absolute atomic E-state index is 0.0743. The Kier molecular flexibility index (Phi) is 10.4. The molecule has 2 atom stereocenters. The summed E-state index contributed by atoms with van der Waals surface area (Å²) in [5.74, 6) is 1.76. The third kappa shape index (κ3) is 8.44. The zero-order valence-corrected chi connectivity index (χ0v) is 25.6. The van der Waals surface area contributed by atoms with Crippen LogP contribution in [0.25, 0.3) is 21.5 Å². The van der Waals surface area contributed by atoms with E-state index in [1.54, 1.807) is 0 Å². The average Bonchev–Trinajstić information content (AvgIpc) is 3.04. The van der Waals surface area contributed by atoms with Gasteiger partial charge in [0.2, 0.25) is 0 Å². The summed E-state index contributed by atoms with van der Waals surface area (Å²) in [7, 11) is 0. The van der Waals surface area contributed by atoms with Crippen molar-refractivity contribution < 1.29 is 38.0 Å². The van der Waals surface area contributed by atoms with E-state index in [0.29, 0.717) is 23.0 Å². The van der Waals surface area contributed by atoms with Crippen molar-refractivity contribution in [2.45, 2.75) is 33.0 Å². The van der Waals surface area contributed by atoms with Crippen LogP contribution in [0, 0.1) is 6.92 Å². The molecule has 0 aliphatic rings. The Morgan fingerprint density at radius 2 is 0.911 bits per heavy atom. The van der Waals surface area contributed by atoms with Crippen LogP contribution in [-0.2, 0) is 19.1 Å². The van der Waals surface area contributed by atoms with Crippen molar-refractivity contribution in [1.29, 1.82) is 0 Å². The van der Waals surface area contributed by atoms with E-state index in [2.05, 4.69) is 0 Å². The van der Waals surface area contributed by atoms with Crippen LogP contribution in [0.2, 0.25) is 0 Å². The average molecular weight is 609 g/mol. The predicted molar refractivity (Wildman–Crippen MR) is 172 cm³/mol. The van der Waals surface area contributed by atoms with Crippen molar-refractivity contribution in [2.24, 2.45) is 0 Å². The van der Waals surface area contributed by atoms with E-state index >= 15 is 0 Å². The second-order valence-electron chi connectivity index (χ2n) is 10.6. The quantitative estimate of drug-likeness (QED) is 0.0976. The molecule has 5 rings (SSSR count). The molecule has 0 bridgehead atoms. The topological polar surface area (TPSA) is 89.5 Å². The maximum Gasteiger partial charge on any atom is 0.303 e. The molecule has 8 heteroatoms. The Labute approximate surface area is 262 Å². The van der Waals surface area contributed by atoms with Crippen LogP contribution in [0.3, 0.4) is 0 Å². The van der Waals surface area contributed by atoms with Gasteiger partial charge in [-0.3, -0.25) is 9.59 Å². The number of ether oxygens (including phenoxy) is 6. The summed E-state index contributed by atoms with van der Waals surface area (Å²) >= 11 is 0. The molecule has 0 amide bonds. The molecule has 5 aromatic carbocycles. The smallest absolute Gasteiger partial charge is 0.303 e. The predicted octanol–water partition coefficient (Wildman–Crippen LogP) is 7.08. The Balaban J connectivity index is 1.43. The summed E-state index contributed by atoms with van der Waals surface area (Å²) in [4.78, 5) is 23.8. The summed E-state index contributed by atoms with van der Waals surface area (Å²) in [5.41, 5.74) is 1.03. The van der Waals surface area contributed by atoms with Crippen LogP contribution < -0.4 is 18.9 Å². The Morgan fingerprint density at radius 3 is 1.38 bits per heavy atom. The first kappa shape index (κ1) is 31.2. The minimum Gasteiger partial charge on any atom is -0.490 e. The van der Waals surface area contributed by atoms with Gasteiger partial charge in [0, 0.05) is 35.4 Å². The molecule has 8 nitrogen and oxygen atoms in total. The van der Waals surface area contributed by atoms with E-state index in [-0.39, 0.29) is 26.4 Å². The van der Waals surface area contributed by atoms with Gasteiger partial charge in [0.15, 0.2) is 12.2 Å². The highest BCUT2D eigenvalue weighted by Gasteiger charge is 2.22. The van der Waals surface area contributed by atoms with E-state index in [4.69, 9.17) is 28.4 Å². The Morgan fingerprint density at radius 1 is 0.511 bits per heavy atom. The number of esters is 2. The van der Waals surface area contributed by atoms with Crippen molar-refractivity contribution in [3.8, 4) is 23.0 Å². The standard InChI is InChI=1S/C37H36O8/c1-25-18-19-34-35(20-25)37(43-24-31(45-27(3)39)22-41-29-14-8-5-9-15-29)33-17-11-10-16-32(33)36(34)42-23-30(44-26(2)38)21-40-28-12-6-4-7-13-28/h4-20,30-31H,21-24H2,1-3H3. The normalized spacial score (nSPS) is 12.2. The summed E-state index contributed by atoms with van der Waals surface area (Å²) in [6, 6.07) is 32.5. The molecule has 0 saturated heterocycles. The van der Waals surface area contributed by atoms with Gasteiger partial charge in [-0.2, -0.15) is 0 Å². The fraction of sp³-hybridized carbons (Fsp3) is 0.243. The van der Waals surface area contributed by atoms with Crippen molar-refractivity contribution in [1.82, 2.24) is 0 Å². The lowest BCUT2D eigenvalue weighted by atomic mass is 9.99. The van der Waals surface area contributed by atoms with E-state index in [0.717, 1.165) is 27.1 Å². The number of benzene rings is 5. The maximum absolute atomic E-state index is 11.9. The number of carbonyl (C=O) groups excluding carboxylic acids is 2. The summed E-state index contributed by atoms with van der Waals surface area (Å²) in [6.45, 7) is 5.14. The molecule has 0 N–H and O–H groups in total. The molecule has 2 unspecified atom stereocenters. The molecule has 232 valence electrons. The van der Waals surface area contributed by atoms with E-state index in [9.17, 15) is 9.59 Å². The first-order chi connectivity index (χ1) is 21.9. The second-order valence-corrected chi connectivity index (χ2v) is 10.6. The largest absolute Gasteiger partial charge is 0.490 e. The third-order valence-corrected chi connectivity index (χ3v) is 6.93. The molecule has 0 aliphatic heterocycles. The molecule has 0 radical (unpaired) electrons. The summed E-state index contributed by atoms with van der Waals surface area (Å²) in [6.07, 6.45) is -1.29. The highest BCUT2D eigenvalue weighted by atomic mass is 16.6. The van der Waals surface area contributed by atoms with Gasteiger partial charge in [-0.15, -0.1) is 0 Å². The van der Waals surface area contributed by atoms with Gasteiger partial charge < -0.3 is 28.4 Å². The zero-order valence-electron chi connectivity index (χ0n) is 25.6. The van der Waals surface area contributed by atoms with Crippen molar-refractivity contribution in [2.75, 3.05) is 26.4 Å².